The first-order valence-corrected chi connectivity index (χ1v) is 4.47. The van der Waals surface area contributed by atoms with Crippen LogP contribution in [0, 0.1) is 5.92 Å². The van der Waals surface area contributed by atoms with Gasteiger partial charge in [0, 0.05) is 6.04 Å². The van der Waals surface area contributed by atoms with Crippen LogP contribution in [-0.4, -0.2) is 24.5 Å². The summed E-state index contributed by atoms with van der Waals surface area (Å²) < 4.78 is 0. The fraction of sp³-hybridized carbons (Fsp3) is 0.800. The van der Waals surface area contributed by atoms with E-state index in [4.69, 9.17) is 0 Å². The highest BCUT2D eigenvalue weighted by atomic mass is 15.1. The molecule has 0 spiro atoms. The smallest absolute Gasteiger partial charge is 0.00695 e. The Morgan fingerprint density at radius 1 is 1.55 bits per heavy atom. The SMILES string of the molecule is C=C(C)C1CCN(C)C(C)C1. The third-order valence-electron chi connectivity index (χ3n) is 2.91. The summed E-state index contributed by atoms with van der Waals surface area (Å²) in [4.78, 5) is 2.43. The predicted octanol–water partition coefficient (Wildman–Crippen LogP) is 2.29. The fourth-order valence-electron chi connectivity index (χ4n) is 1.74. The quantitative estimate of drug-likeness (QED) is 0.522. The molecular formula is C10H19N. The van der Waals surface area contributed by atoms with Crippen molar-refractivity contribution in [2.45, 2.75) is 32.7 Å². The molecule has 1 heterocycles. The first-order chi connectivity index (χ1) is 5.11. The maximum atomic E-state index is 4.02. The topological polar surface area (TPSA) is 3.24 Å². The van der Waals surface area contributed by atoms with Gasteiger partial charge in [0.05, 0.1) is 0 Å². The van der Waals surface area contributed by atoms with Crippen LogP contribution in [0.2, 0.25) is 0 Å². The first kappa shape index (κ1) is 8.79. The van der Waals surface area contributed by atoms with E-state index in [1.807, 2.05) is 0 Å². The number of hydrogen-bond acceptors (Lipinski definition) is 1. The van der Waals surface area contributed by atoms with Crippen LogP contribution in [0.4, 0.5) is 0 Å². The lowest BCUT2D eigenvalue weighted by atomic mass is 9.87. The molecule has 0 bridgehead atoms. The lowest BCUT2D eigenvalue weighted by Gasteiger charge is -2.35. The minimum atomic E-state index is 0.741. The summed E-state index contributed by atoms with van der Waals surface area (Å²) in [7, 11) is 2.21. The largest absolute Gasteiger partial charge is 0.304 e. The van der Waals surface area contributed by atoms with Gasteiger partial charge in [0.1, 0.15) is 0 Å². The van der Waals surface area contributed by atoms with E-state index in [1.165, 1.54) is 25.0 Å². The number of piperidine rings is 1. The van der Waals surface area contributed by atoms with Crippen molar-refractivity contribution in [2.75, 3.05) is 13.6 Å². The van der Waals surface area contributed by atoms with Crippen molar-refractivity contribution in [1.82, 2.24) is 4.90 Å². The summed E-state index contributed by atoms with van der Waals surface area (Å²) in [6.45, 7) is 9.71. The Morgan fingerprint density at radius 2 is 2.18 bits per heavy atom. The Bertz CT molecular complexity index is 151. The molecule has 0 aromatic rings. The van der Waals surface area contributed by atoms with E-state index in [0.717, 1.165) is 12.0 Å². The van der Waals surface area contributed by atoms with Crippen LogP contribution in [0.1, 0.15) is 26.7 Å². The maximum absolute atomic E-state index is 4.02. The van der Waals surface area contributed by atoms with E-state index in [1.54, 1.807) is 0 Å². The van der Waals surface area contributed by atoms with Gasteiger partial charge in [0.25, 0.3) is 0 Å². The predicted molar refractivity (Wildman–Crippen MR) is 49.6 cm³/mol. The highest BCUT2D eigenvalue weighted by molar-refractivity contribution is 4.99. The highest BCUT2D eigenvalue weighted by Crippen LogP contribution is 2.26. The number of hydrogen-bond donors (Lipinski definition) is 0. The molecule has 0 radical (unpaired) electrons. The summed E-state index contributed by atoms with van der Waals surface area (Å²) in [6, 6.07) is 0.741. The molecule has 1 saturated heterocycles. The summed E-state index contributed by atoms with van der Waals surface area (Å²) in [5, 5.41) is 0. The van der Waals surface area contributed by atoms with Gasteiger partial charge in [-0.3, -0.25) is 0 Å². The molecule has 1 fully saturated rings. The van der Waals surface area contributed by atoms with Crippen LogP contribution < -0.4 is 0 Å². The van der Waals surface area contributed by atoms with Gasteiger partial charge < -0.3 is 4.90 Å². The molecule has 1 rings (SSSR count). The Labute approximate surface area is 70.1 Å². The molecule has 0 aliphatic carbocycles. The van der Waals surface area contributed by atoms with Crippen molar-refractivity contribution < 1.29 is 0 Å². The van der Waals surface area contributed by atoms with Gasteiger partial charge in [-0.15, -0.1) is 0 Å². The van der Waals surface area contributed by atoms with Crippen molar-refractivity contribution in [3.8, 4) is 0 Å². The first-order valence-electron chi connectivity index (χ1n) is 4.47. The zero-order valence-corrected chi connectivity index (χ0v) is 7.93. The van der Waals surface area contributed by atoms with E-state index in [9.17, 15) is 0 Å². The van der Waals surface area contributed by atoms with Crippen LogP contribution in [0.25, 0.3) is 0 Å². The van der Waals surface area contributed by atoms with E-state index in [2.05, 4.69) is 32.4 Å². The van der Waals surface area contributed by atoms with Gasteiger partial charge >= 0.3 is 0 Å². The van der Waals surface area contributed by atoms with Crippen LogP contribution >= 0.6 is 0 Å². The second-order valence-corrected chi connectivity index (χ2v) is 3.90. The summed E-state index contributed by atoms with van der Waals surface area (Å²) in [5.41, 5.74) is 1.37. The van der Waals surface area contributed by atoms with Gasteiger partial charge in [0.2, 0.25) is 0 Å². The van der Waals surface area contributed by atoms with Crippen molar-refractivity contribution >= 4 is 0 Å². The Kier molecular flexibility index (Phi) is 2.72. The van der Waals surface area contributed by atoms with Crippen LogP contribution in [-0.2, 0) is 0 Å². The van der Waals surface area contributed by atoms with Gasteiger partial charge in [-0.25, -0.2) is 0 Å². The lowest BCUT2D eigenvalue weighted by Crippen LogP contribution is -2.37. The van der Waals surface area contributed by atoms with E-state index in [0.29, 0.717) is 0 Å². The standard InChI is InChI=1S/C10H19N/c1-8(2)10-5-6-11(4)9(3)7-10/h9-10H,1,5-7H2,2-4H3. The second-order valence-electron chi connectivity index (χ2n) is 3.90. The monoisotopic (exact) mass is 153 g/mol. The van der Waals surface area contributed by atoms with Crippen molar-refractivity contribution in [2.24, 2.45) is 5.92 Å². The van der Waals surface area contributed by atoms with Crippen molar-refractivity contribution in [3.05, 3.63) is 12.2 Å². The maximum Gasteiger partial charge on any atom is 0.00695 e. The Morgan fingerprint density at radius 3 is 2.64 bits per heavy atom. The molecule has 11 heavy (non-hydrogen) atoms. The molecule has 1 aliphatic heterocycles. The zero-order valence-electron chi connectivity index (χ0n) is 7.93. The van der Waals surface area contributed by atoms with Crippen LogP contribution in [0.15, 0.2) is 12.2 Å². The molecule has 1 aliphatic rings. The number of likely N-dealkylation sites (tertiary alicyclic amines) is 1. The van der Waals surface area contributed by atoms with Crippen molar-refractivity contribution in [3.63, 3.8) is 0 Å². The molecule has 0 aromatic heterocycles. The second kappa shape index (κ2) is 3.40. The molecule has 2 atom stereocenters. The summed E-state index contributed by atoms with van der Waals surface area (Å²) >= 11 is 0. The Hall–Kier alpha value is -0.300. The fourth-order valence-corrected chi connectivity index (χ4v) is 1.74. The average molecular weight is 153 g/mol. The van der Waals surface area contributed by atoms with E-state index in [-0.39, 0.29) is 0 Å². The van der Waals surface area contributed by atoms with Gasteiger partial charge in [-0.2, -0.15) is 0 Å². The molecule has 0 saturated carbocycles. The van der Waals surface area contributed by atoms with E-state index < -0.39 is 0 Å². The lowest BCUT2D eigenvalue weighted by molar-refractivity contribution is 0.169. The molecule has 1 heteroatoms. The summed E-state index contributed by atoms with van der Waals surface area (Å²) in [5.74, 6) is 0.779. The molecule has 0 amide bonds. The molecular weight excluding hydrogens is 134 g/mol. The minimum absolute atomic E-state index is 0.741. The van der Waals surface area contributed by atoms with Gasteiger partial charge in [-0.1, -0.05) is 12.2 Å². The third-order valence-corrected chi connectivity index (χ3v) is 2.91. The molecule has 0 aromatic carbocycles. The van der Waals surface area contributed by atoms with Gasteiger partial charge in [-0.05, 0) is 46.2 Å². The van der Waals surface area contributed by atoms with Crippen molar-refractivity contribution in [1.29, 1.82) is 0 Å². The average Bonchev–Trinajstić information content (AvgIpc) is 1.94. The minimum Gasteiger partial charge on any atom is -0.304 e. The third kappa shape index (κ3) is 2.06. The number of allylic oxidation sites excluding steroid dienone is 1. The number of rotatable bonds is 1. The van der Waals surface area contributed by atoms with E-state index >= 15 is 0 Å². The highest BCUT2D eigenvalue weighted by Gasteiger charge is 2.22. The molecule has 1 nitrogen and oxygen atoms in total. The molecule has 2 unspecified atom stereocenters. The number of nitrogens with zero attached hydrogens (tertiary/aromatic N) is 1. The molecule has 64 valence electrons. The van der Waals surface area contributed by atoms with Crippen LogP contribution in [0.3, 0.4) is 0 Å². The normalized spacial score (nSPS) is 33.7. The zero-order chi connectivity index (χ0) is 8.43. The Balaban J connectivity index is 2.46. The van der Waals surface area contributed by atoms with Crippen LogP contribution in [0.5, 0.6) is 0 Å². The van der Waals surface area contributed by atoms with Gasteiger partial charge in [0.15, 0.2) is 0 Å². The molecule has 0 N–H and O–H groups in total. The summed E-state index contributed by atoms with van der Waals surface area (Å²) in [6.07, 6.45) is 2.60.